The van der Waals surface area contributed by atoms with Gasteiger partial charge in [0.2, 0.25) is 10.0 Å². The van der Waals surface area contributed by atoms with Crippen LogP contribution in [0.2, 0.25) is 0 Å². The van der Waals surface area contributed by atoms with Crippen LogP contribution in [0.25, 0.3) is 0 Å². The van der Waals surface area contributed by atoms with Crippen LogP contribution in [0.5, 0.6) is 0 Å². The van der Waals surface area contributed by atoms with Crippen molar-refractivity contribution in [2.75, 3.05) is 0 Å². The van der Waals surface area contributed by atoms with Gasteiger partial charge in [0.1, 0.15) is 0 Å². The number of benzene rings is 2. The second kappa shape index (κ2) is 6.63. The maximum absolute atomic E-state index is 12.4. The topological polar surface area (TPSA) is 46.2 Å². The first kappa shape index (κ1) is 16.7. The van der Waals surface area contributed by atoms with Gasteiger partial charge in [0.15, 0.2) is 0 Å². The first-order chi connectivity index (χ1) is 10.3. The fourth-order valence-corrected chi connectivity index (χ4v) is 3.99. The van der Waals surface area contributed by atoms with Crippen LogP contribution in [-0.4, -0.2) is 8.42 Å². The zero-order valence-corrected chi connectivity index (χ0v) is 14.4. The number of hydrogen-bond acceptors (Lipinski definition) is 2. The molecule has 0 saturated heterocycles. The van der Waals surface area contributed by atoms with E-state index in [2.05, 4.69) is 4.72 Å². The SMILES string of the molecule is Cc1cccc(CS(=O)(=O)N[C@H](C)c2cc(C)ccc2C)c1. The van der Waals surface area contributed by atoms with Crippen LogP contribution >= 0.6 is 0 Å². The molecule has 2 aromatic carbocycles. The number of nitrogens with one attached hydrogen (secondary N) is 1. The minimum absolute atomic E-state index is 0.00385. The van der Waals surface area contributed by atoms with E-state index in [0.29, 0.717) is 0 Å². The van der Waals surface area contributed by atoms with E-state index in [-0.39, 0.29) is 11.8 Å². The number of sulfonamides is 1. The molecule has 0 unspecified atom stereocenters. The molecule has 3 nitrogen and oxygen atoms in total. The Morgan fingerprint density at radius 3 is 2.36 bits per heavy atom. The van der Waals surface area contributed by atoms with Gasteiger partial charge in [-0.1, -0.05) is 53.6 Å². The molecule has 0 saturated carbocycles. The first-order valence-corrected chi connectivity index (χ1v) is 9.05. The lowest BCUT2D eigenvalue weighted by Gasteiger charge is -2.17. The Bertz CT molecular complexity index is 766. The van der Waals surface area contributed by atoms with Gasteiger partial charge in [-0.15, -0.1) is 0 Å². The van der Waals surface area contributed by atoms with Gasteiger partial charge in [0, 0.05) is 6.04 Å². The second-order valence-electron chi connectivity index (χ2n) is 5.95. The Morgan fingerprint density at radius 2 is 1.68 bits per heavy atom. The van der Waals surface area contributed by atoms with Crippen LogP contribution < -0.4 is 4.72 Å². The van der Waals surface area contributed by atoms with Crippen molar-refractivity contribution in [3.8, 4) is 0 Å². The average molecular weight is 317 g/mol. The molecule has 22 heavy (non-hydrogen) atoms. The van der Waals surface area contributed by atoms with E-state index in [9.17, 15) is 8.42 Å². The minimum atomic E-state index is -3.38. The van der Waals surface area contributed by atoms with Crippen LogP contribution in [0, 0.1) is 20.8 Å². The third-order valence-corrected chi connectivity index (χ3v) is 5.12. The van der Waals surface area contributed by atoms with Crippen LogP contribution in [0.3, 0.4) is 0 Å². The summed E-state index contributed by atoms with van der Waals surface area (Å²) in [5.41, 5.74) is 5.12. The summed E-state index contributed by atoms with van der Waals surface area (Å²) in [4.78, 5) is 0. The molecular formula is C18H23NO2S. The molecule has 0 aliphatic carbocycles. The third-order valence-electron chi connectivity index (χ3n) is 3.70. The highest BCUT2D eigenvalue weighted by Gasteiger charge is 2.18. The van der Waals surface area contributed by atoms with Crippen molar-refractivity contribution < 1.29 is 8.42 Å². The molecule has 0 heterocycles. The predicted octanol–water partition coefficient (Wildman–Crippen LogP) is 3.79. The van der Waals surface area contributed by atoms with E-state index in [4.69, 9.17) is 0 Å². The fraction of sp³-hybridized carbons (Fsp3) is 0.333. The van der Waals surface area contributed by atoms with Gasteiger partial charge in [-0.2, -0.15) is 0 Å². The monoisotopic (exact) mass is 317 g/mol. The lowest BCUT2D eigenvalue weighted by molar-refractivity contribution is 0.565. The number of aryl methyl sites for hydroxylation is 3. The summed E-state index contributed by atoms with van der Waals surface area (Å²) in [5, 5.41) is 0. The molecule has 0 radical (unpaired) electrons. The molecule has 2 rings (SSSR count). The number of rotatable bonds is 5. The highest BCUT2D eigenvalue weighted by molar-refractivity contribution is 7.88. The van der Waals surface area contributed by atoms with E-state index in [1.807, 2.05) is 70.2 Å². The van der Waals surface area contributed by atoms with Crippen LogP contribution in [0.15, 0.2) is 42.5 Å². The molecule has 0 bridgehead atoms. The Labute approximate surface area is 133 Å². The standard InChI is InChI=1S/C18H23NO2S/c1-13-6-5-7-17(10-13)12-22(20,21)19-16(4)18-11-14(2)8-9-15(18)3/h5-11,16,19H,12H2,1-4H3/t16-/m1/s1. The molecule has 4 heteroatoms. The summed E-state index contributed by atoms with van der Waals surface area (Å²) in [6.07, 6.45) is 0. The first-order valence-electron chi connectivity index (χ1n) is 7.39. The van der Waals surface area contributed by atoms with Gasteiger partial charge in [0.25, 0.3) is 0 Å². The van der Waals surface area contributed by atoms with Gasteiger partial charge in [-0.05, 0) is 44.4 Å². The summed E-state index contributed by atoms with van der Waals surface area (Å²) in [5.74, 6) is 0.00385. The summed E-state index contributed by atoms with van der Waals surface area (Å²) < 4.78 is 27.5. The maximum atomic E-state index is 12.4. The van der Waals surface area contributed by atoms with Crippen molar-refractivity contribution in [1.82, 2.24) is 4.72 Å². The molecule has 118 valence electrons. The van der Waals surface area contributed by atoms with Crippen molar-refractivity contribution in [3.05, 3.63) is 70.3 Å². The molecule has 0 aliphatic rings. The van der Waals surface area contributed by atoms with Gasteiger partial charge in [-0.25, -0.2) is 13.1 Å². The molecule has 0 amide bonds. The van der Waals surface area contributed by atoms with Gasteiger partial charge in [-0.3, -0.25) is 0 Å². The Morgan fingerprint density at radius 1 is 1.00 bits per heavy atom. The van der Waals surface area contributed by atoms with Crippen LogP contribution in [-0.2, 0) is 15.8 Å². The normalized spacial score (nSPS) is 13.1. The highest BCUT2D eigenvalue weighted by atomic mass is 32.2. The lowest BCUT2D eigenvalue weighted by Crippen LogP contribution is -2.28. The van der Waals surface area contributed by atoms with E-state index in [1.165, 1.54) is 0 Å². The molecule has 0 aliphatic heterocycles. The van der Waals surface area contributed by atoms with Crippen molar-refractivity contribution in [1.29, 1.82) is 0 Å². The fourth-order valence-electron chi connectivity index (χ4n) is 2.62. The van der Waals surface area contributed by atoms with Crippen molar-refractivity contribution in [3.63, 3.8) is 0 Å². The zero-order chi connectivity index (χ0) is 16.3. The van der Waals surface area contributed by atoms with Crippen molar-refractivity contribution >= 4 is 10.0 Å². The van der Waals surface area contributed by atoms with Crippen LogP contribution in [0.4, 0.5) is 0 Å². The van der Waals surface area contributed by atoms with E-state index in [0.717, 1.165) is 27.8 Å². The second-order valence-corrected chi connectivity index (χ2v) is 7.70. The summed E-state index contributed by atoms with van der Waals surface area (Å²) >= 11 is 0. The lowest BCUT2D eigenvalue weighted by atomic mass is 10.0. The largest absolute Gasteiger partial charge is 0.216 e. The summed E-state index contributed by atoms with van der Waals surface area (Å²) in [6, 6.07) is 13.4. The average Bonchev–Trinajstić information content (AvgIpc) is 2.40. The third kappa shape index (κ3) is 4.42. The Balaban J connectivity index is 2.16. The molecule has 0 fully saturated rings. The molecule has 2 aromatic rings. The van der Waals surface area contributed by atoms with E-state index >= 15 is 0 Å². The molecule has 0 spiro atoms. The highest BCUT2D eigenvalue weighted by Crippen LogP contribution is 2.20. The van der Waals surface area contributed by atoms with Crippen molar-refractivity contribution in [2.24, 2.45) is 0 Å². The van der Waals surface area contributed by atoms with Crippen LogP contribution in [0.1, 0.15) is 40.8 Å². The quantitative estimate of drug-likeness (QED) is 0.912. The van der Waals surface area contributed by atoms with E-state index in [1.54, 1.807) is 0 Å². The summed E-state index contributed by atoms with van der Waals surface area (Å²) in [7, 11) is -3.38. The number of hydrogen-bond donors (Lipinski definition) is 1. The Kier molecular flexibility index (Phi) is 5.04. The van der Waals surface area contributed by atoms with Crippen molar-refractivity contribution in [2.45, 2.75) is 39.5 Å². The molecule has 0 aromatic heterocycles. The molecule has 1 N–H and O–H groups in total. The van der Waals surface area contributed by atoms with Gasteiger partial charge >= 0.3 is 0 Å². The molecule has 1 atom stereocenters. The minimum Gasteiger partial charge on any atom is -0.212 e. The Hall–Kier alpha value is -1.65. The molecular weight excluding hydrogens is 294 g/mol. The van der Waals surface area contributed by atoms with Gasteiger partial charge in [0.05, 0.1) is 5.75 Å². The van der Waals surface area contributed by atoms with E-state index < -0.39 is 10.0 Å². The smallest absolute Gasteiger partial charge is 0.212 e. The summed E-state index contributed by atoms with van der Waals surface area (Å²) in [6.45, 7) is 7.86. The predicted molar refractivity (Wildman–Crippen MR) is 91.3 cm³/mol. The van der Waals surface area contributed by atoms with Gasteiger partial charge < -0.3 is 0 Å². The maximum Gasteiger partial charge on any atom is 0.216 e. The zero-order valence-electron chi connectivity index (χ0n) is 13.6.